The van der Waals surface area contributed by atoms with E-state index < -0.39 is 0 Å². The lowest BCUT2D eigenvalue weighted by molar-refractivity contribution is 0.140. The van der Waals surface area contributed by atoms with Crippen LogP contribution in [0.3, 0.4) is 0 Å². The van der Waals surface area contributed by atoms with Crippen LogP contribution in [-0.2, 0) is 0 Å². The van der Waals surface area contributed by atoms with E-state index in [1.165, 1.54) is 43.7 Å². The maximum atomic E-state index is 3.53. The molecule has 0 amide bonds. The molecule has 2 heterocycles. The van der Waals surface area contributed by atoms with Crippen molar-refractivity contribution >= 4 is 5.69 Å². The third-order valence-corrected chi connectivity index (χ3v) is 4.76. The Kier molecular flexibility index (Phi) is 3.76. The van der Waals surface area contributed by atoms with Gasteiger partial charge in [-0.2, -0.15) is 0 Å². The highest BCUT2D eigenvalue weighted by Crippen LogP contribution is 2.32. The molecule has 0 saturated carbocycles. The van der Waals surface area contributed by atoms with Crippen LogP contribution in [0.25, 0.3) is 0 Å². The number of rotatable bonds is 3. The molecule has 2 aliphatic rings. The van der Waals surface area contributed by atoms with Gasteiger partial charge < -0.3 is 15.1 Å². The van der Waals surface area contributed by atoms with Gasteiger partial charge in [0.15, 0.2) is 0 Å². The lowest BCUT2D eigenvalue weighted by atomic mass is 9.98. The van der Waals surface area contributed by atoms with Crippen molar-refractivity contribution in [1.82, 2.24) is 9.80 Å². The molecule has 3 rings (SSSR count). The summed E-state index contributed by atoms with van der Waals surface area (Å²) in [6.07, 6.45) is 2.63. The summed E-state index contributed by atoms with van der Waals surface area (Å²) >= 11 is 0. The van der Waals surface area contributed by atoms with Crippen molar-refractivity contribution in [2.75, 3.05) is 45.6 Å². The van der Waals surface area contributed by atoms with Gasteiger partial charge >= 0.3 is 0 Å². The Bertz CT molecular complexity index is 424. The van der Waals surface area contributed by atoms with Crippen LogP contribution in [-0.4, -0.2) is 56.1 Å². The van der Waals surface area contributed by atoms with Gasteiger partial charge in [-0.1, -0.05) is 18.2 Å². The number of benzene rings is 1. The van der Waals surface area contributed by atoms with Gasteiger partial charge in [0.25, 0.3) is 0 Å². The molecular formula is C16H25N3. The lowest BCUT2D eigenvalue weighted by Gasteiger charge is -2.36. The van der Waals surface area contributed by atoms with Crippen LogP contribution in [0.1, 0.15) is 24.3 Å². The molecule has 104 valence electrons. The van der Waals surface area contributed by atoms with Crippen molar-refractivity contribution in [3.63, 3.8) is 0 Å². The molecule has 1 atom stereocenters. The minimum absolute atomic E-state index is 0.654. The van der Waals surface area contributed by atoms with Crippen molar-refractivity contribution < 1.29 is 0 Å². The first-order valence-electron chi connectivity index (χ1n) is 7.45. The minimum atomic E-state index is 0.654. The summed E-state index contributed by atoms with van der Waals surface area (Å²) < 4.78 is 0. The molecule has 3 heteroatoms. The molecule has 3 nitrogen and oxygen atoms in total. The highest BCUT2D eigenvalue weighted by atomic mass is 15.2. The van der Waals surface area contributed by atoms with Crippen LogP contribution in [0.15, 0.2) is 24.3 Å². The molecule has 2 aliphatic heterocycles. The minimum Gasteiger partial charge on any atom is -0.384 e. The van der Waals surface area contributed by atoms with Crippen molar-refractivity contribution in [3.8, 4) is 0 Å². The zero-order valence-corrected chi connectivity index (χ0v) is 12.1. The number of anilines is 1. The third kappa shape index (κ3) is 2.77. The van der Waals surface area contributed by atoms with E-state index in [0.29, 0.717) is 5.92 Å². The number of fused-ring (bicyclic) bond motifs is 1. The molecule has 1 aromatic rings. The zero-order chi connectivity index (χ0) is 13.2. The van der Waals surface area contributed by atoms with Gasteiger partial charge in [0, 0.05) is 30.7 Å². The van der Waals surface area contributed by atoms with Crippen LogP contribution in [0.5, 0.6) is 0 Å². The highest BCUT2D eigenvalue weighted by Gasteiger charge is 2.26. The molecule has 0 bridgehead atoms. The van der Waals surface area contributed by atoms with Crippen LogP contribution in [0.2, 0.25) is 0 Å². The van der Waals surface area contributed by atoms with E-state index in [1.54, 1.807) is 0 Å². The number of nitrogens with zero attached hydrogens (tertiary/aromatic N) is 2. The van der Waals surface area contributed by atoms with E-state index in [2.05, 4.69) is 53.5 Å². The van der Waals surface area contributed by atoms with Gasteiger partial charge in [0.2, 0.25) is 0 Å². The molecule has 1 unspecified atom stereocenters. The fraction of sp³-hybridized carbons (Fsp3) is 0.625. The molecule has 1 N–H and O–H groups in total. The largest absolute Gasteiger partial charge is 0.384 e. The number of likely N-dealkylation sites (N-methyl/N-ethyl adjacent to an activating group) is 1. The predicted molar refractivity (Wildman–Crippen MR) is 80.8 cm³/mol. The summed E-state index contributed by atoms with van der Waals surface area (Å²) in [5.41, 5.74) is 2.84. The Morgan fingerprint density at radius 2 is 2.00 bits per heavy atom. The first kappa shape index (κ1) is 12.9. The van der Waals surface area contributed by atoms with E-state index in [0.717, 1.165) is 12.6 Å². The number of hydrogen-bond donors (Lipinski definition) is 1. The molecule has 1 fully saturated rings. The Morgan fingerprint density at radius 3 is 2.79 bits per heavy atom. The first-order valence-corrected chi connectivity index (χ1v) is 7.45. The van der Waals surface area contributed by atoms with Gasteiger partial charge in [-0.15, -0.1) is 0 Å². The zero-order valence-electron chi connectivity index (χ0n) is 12.1. The van der Waals surface area contributed by atoms with Gasteiger partial charge in [-0.3, -0.25) is 0 Å². The van der Waals surface area contributed by atoms with Crippen molar-refractivity contribution in [3.05, 3.63) is 29.8 Å². The maximum Gasteiger partial charge on any atom is 0.0376 e. The summed E-state index contributed by atoms with van der Waals surface area (Å²) in [6.45, 7) is 4.76. The van der Waals surface area contributed by atoms with E-state index in [1.807, 2.05) is 0 Å². The van der Waals surface area contributed by atoms with E-state index in [-0.39, 0.29) is 0 Å². The van der Waals surface area contributed by atoms with E-state index >= 15 is 0 Å². The number of para-hydroxylation sites is 1. The van der Waals surface area contributed by atoms with Crippen molar-refractivity contribution in [2.45, 2.75) is 24.8 Å². The monoisotopic (exact) mass is 259 g/mol. The van der Waals surface area contributed by atoms with Crippen LogP contribution < -0.4 is 5.32 Å². The summed E-state index contributed by atoms with van der Waals surface area (Å²) in [7, 11) is 4.53. The molecular weight excluding hydrogens is 234 g/mol. The normalized spacial score (nSPS) is 24.5. The summed E-state index contributed by atoms with van der Waals surface area (Å²) in [5.74, 6) is 0.654. The molecule has 0 aromatic heterocycles. The maximum absolute atomic E-state index is 3.53. The van der Waals surface area contributed by atoms with E-state index in [9.17, 15) is 0 Å². The summed E-state index contributed by atoms with van der Waals surface area (Å²) in [5, 5.41) is 3.53. The highest BCUT2D eigenvalue weighted by molar-refractivity contribution is 5.57. The molecule has 0 spiro atoms. The molecule has 19 heavy (non-hydrogen) atoms. The lowest BCUT2D eigenvalue weighted by Crippen LogP contribution is -2.43. The number of likely N-dealkylation sites (tertiary alicyclic amines) is 1. The standard InChI is InChI=1S/C16H25N3/c1-18-9-7-14(8-10-18)19(2)12-13-11-17-16-6-4-3-5-15(13)16/h3-6,13-14,17H,7-12H2,1-2H3. The quantitative estimate of drug-likeness (QED) is 0.898. The van der Waals surface area contributed by atoms with Crippen molar-refractivity contribution in [2.24, 2.45) is 0 Å². The predicted octanol–water partition coefficient (Wildman–Crippen LogP) is 2.22. The van der Waals surface area contributed by atoms with Gasteiger partial charge in [-0.25, -0.2) is 0 Å². The Balaban J connectivity index is 1.60. The Labute approximate surface area is 116 Å². The number of piperidine rings is 1. The second-order valence-electron chi connectivity index (χ2n) is 6.14. The molecule has 0 radical (unpaired) electrons. The average molecular weight is 259 g/mol. The number of nitrogens with one attached hydrogen (secondary N) is 1. The van der Waals surface area contributed by atoms with Gasteiger partial charge in [0.1, 0.15) is 0 Å². The summed E-state index contributed by atoms with van der Waals surface area (Å²) in [4.78, 5) is 5.03. The second-order valence-corrected chi connectivity index (χ2v) is 6.14. The van der Waals surface area contributed by atoms with E-state index in [4.69, 9.17) is 0 Å². The van der Waals surface area contributed by atoms with Crippen molar-refractivity contribution in [1.29, 1.82) is 0 Å². The molecule has 0 aliphatic carbocycles. The number of hydrogen-bond acceptors (Lipinski definition) is 3. The third-order valence-electron chi connectivity index (χ3n) is 4.76. The molecule has 1 saturated heterocycles. The smallest absolute Gasteiger partial charge is 0.0376 e. The first-order chi connectivity index (χ1) is 9.24. The average Bonchev–Trinajstić information content (AvgIpc) is 2.83. The van der Waals surface area contributed by atoms with Crippen LogP contribution in [0, 0.1) is 0 Å². The fourth-order valence-electron chi connectivity index (χ4n) is 3.45. The second kappa shape index (κ2) is 5.51. The fourth-order valence-corrected chi connectivity index (χ4v) is 3.45. The van der Waals surface area contributed by atoms with Crippen LogP contribution in [0.4, 0.5) is 5.69 Å². The van der Waals surface area contributed by atoms with Gasteiger partial charge in [0.05, 0.1) is 0 Å². The topological polar surface area (TPSA) is 18.5 Å². The Morgan fingerprint density at radius 1 is 1.26 bits per heavy atom. The Hall–Kier alpha value is -1.06. The summed E-state index contributed by atoms with van der Waals surface area (Å²) in [6, 6.07) is 9.53. The SMILES string of the molecule is CN1CCC(N(C)CC2CNc3ccccc32)CC1. The molecule has 1 aromatic carbocycles. The van der Waals surface area contributed by atoms with Gasteiger partial charge in [-0.05, 0) is 51.7 Å². The van der Waals surface area contributed by atoms with Crippen LogP contribution >= 0.6 is 0 Å².